The van der Waals surface area contributed by atoms with Gasteiger partial charge in [0.05, 0.1) is 27.2 Å². The lowest BCUT2D eigenvalue weighted by Crippen LogP contribution is -2.35. The molecule has 0 radical (unpaired) electrons. The summed E-state index contributed by atoms with van der Waals surface area (Å²) in [4.78, 5) is 11.4. The maximum atomic E-state index is 11.4. The molecule has 0 aliphatic carbocycles. The van der Waals surface area contributed by atoms with Crippen LogP contribution >= 0.6 is 0 Å². The normalized spacial score (nSPS) is 11.9. The van der Waals surface area contributed by atoms with E-state index in [9.17, 15) is 4.79 Å². The summed E-state index contributed by atoms with van der Waals surface area (Å²) in [5.41, 5.74) is 1.14. The minimum absolute atomic E-state index is 0.0333. The van der Waals surface area contributed by atoms with Crippen LogP contribution in [-0.4, -0.2) is 46.5 Å². The first-order valence-electron chi connectivity index (χ1n) is 6.61. The molecule has 0 spiro atoms. The van der Waals surface area contributed by atoms with Gasteiger partial charge in [0, 0.05) is 19.7 Å². The van der Waals surface area contributed by atoms with Crippen molar-refractivity contribution in [3.05, 3.63) is 29.8 Å². The van der Waals surface area contributed by atoms with Crippen LogP contribution in [0.25, 0.3) is 0 Å². The SMILES string of the molecule is COCCNC(CC(=O)OC)Cc1ccc(OC)cc1. The highest BCUT2D eigenvalue weighted by molar-refractivity contribution is 5.70. The molecule has 0 amide bonds. The van der Waals surface area contributed by atoms with Gasteiger partial charge in [0.1, 0.15) is 5.75 Å². The summed E-state index contributed by atoms with van der Waals surface area (Å²) < 4.78 is 14.9. The molecule has 0 saturated heterocycles. The smallest absolute Gasteiger partial charge is 0.307 e. The fourth-order valence-corrected chi connectivity index (χ4v) is 1.91. The van der Waals surface area contributed by atoms with Gasteiger partial charge in [-0.3, -0.25) is 4.79 Å². The zero-order chi connectivity index (χ0) is 14.8. The Morgan fingerprint density at radius 1 is 1.20 bits per heavy atom. The summed E-state index contributed by atoms with van der Waals surface area (Å²) in [5.74, 6) is 0.610. The first-order chi connectivity index (χ1) is 9.69. The molecular weight excluding hydrogens is 258 g/mol. The van der Waals surface area contributed by atoms with Gasteiger partial charge in [-0.2, -0.15) is 0 Å². The van der Waals surface area contributed by atoms with Crippen LogP contribution in [0.1, 0.15) is 12.0 Å². The van der Waals surface area contributed by atoms with Gasteiger partial charge in [0.15, 0.2) is 0 Å². The molecule has 5 heteroatoms. The van der Waals surface area contributed by atoms with Crippen molar-refractivity contribution in [2.45, 2.75) is 18.9 Å². The molecule has 5 nitrogen and oxygen atoms in total. The molecule has 20 heavy (non-hydrogen) atoms. The number of hydrogen-bond acceptors (Lipinski definition) is 5. The Morgan fingerprint density at radius 2 is 1.90 bits per heavy atom. The van der Waals surface area contributed by atoms with Gasteiger partial charge in [-0.25, -0.2) is 0 Å². The molecule has 0 fully saturated rings. The number of rotatable bonds is 9. The van der Waals surface area contributed by atoms with E-state index in [1.807, 2.05) is 24.3 Å². The molecule has 0 heterocycles. The molecule has 1 unspecified atom stereocenters. The molecule has 1 N–H and O–H groups in total. The summed E-state index contributed by atoms with van der Waals surface area (Å²) in [7, 11) is 4.70. The molecule has 0 aromatic heterocycles. The Morgan fingerprint density at radius 3 is 2.45 bits per heavy atom. The van der Waals surface area contributed by atoms with E-state index in [1.54, 1.807) is 14.2 Å². The zero-order valence-electron chi connectivity index (χ0n) is 12.3. The van der Waals surface area contributed by atoms with Gasteiger partial charge in [0.25, 0.3) is 0 Å². The molecule has 1 aromatic carbocycles. The van der Waals surface area contributed by atoms with E-state index in [4.69, 9.17) is 14.2 Å². The number of nitrogens with one attached hydrogen (secondary N) is 1. The van der Waals surface area contributed by atoms with Crippen LogP contribution in [0.2, 0.25) is 0 Å². The van der Waals surface area contributed by atoms with Crippen molar-refractivity contribution < 1.29 is 19.0 Å². The lowest BCUT2D eigenvalue weighted by molar-refractivity contribution is -0.141. The van der Waals surface area contributed by atoms with Crippen molar-refractivity contribution in [2.24, 2.45) is 0 Å². The summed E-state index contributed by atoms with van der Waals surface area (Å²) in [6.45, 7) is 1.31. The van der Waals surface area contributed by atoms with Gasteiger partial charge in [-0.05, 0) is 24.1 Å². The number of carbonyl (C=O) groups is 1. The Balaban J connectivity index is 2.58. The zero-order valence-corrected chi connectivity index (χ0v) is 12.3. The predicted molar refractivity (Wildman–Crippen MR) is 77.0 cm³/mol. The van der Waals surface area contributed by atoms with Crippen LogP contribution in [0.4, 0.5) is 0 Å². The highest BCUT2D eigenvalue weighted by atomic mass is 16.5. The number of esters is 1. The molecule has 1 aromatic rings. The van der Waals surface area contributed by atoms with Crippen LogP contribution in [0.3, 0.4) is 0 Å². The van der Waals surface area contributed by atoms with Crippen LogP contribution in [-0.2, 0) is 20.7 Å². The largest absolute Gasteiger partial charge is 0.497 e. The second-order valence-electron chi connectivity index (χ2n) is 4.48. The molecule has 1 rings (SSSR count). The van der Waals surface area contributed by atoms with Crippen LogP contribution < -0.4 is 10.1 Å². The Hall–Kier alpha value is -1.59. The maximum absolute atomic E-state index is 11.4. The van der Waals surface area contributed by atoms with Crippen molar-refractivity contribution in [2.75, 3.05) is 34.5 Å². The second kappa shape index (κ2) is 9.34. The number of methoxy groups -OCH3 is 3. The van der Waals surface area contributed by atoms with Crippen LogP contribution in [0, 0.1) is 0 Å². The van der Waals surface area contributed by atoms with Gasteiger partial charge >= 0.3 is 5.97 Å². The van der Waals surface area contributed by atoms with E-state index in [0.717, 1.165) is 17.7 Å². The first-order valence-corrected chi connectivity index (χ1v) is 6.61. The summed E-state index contributed by atoms with van der Waals surface area (Å²) in [6, 6.07) is 7.87. The number of benzene rings is 1. The number of carbonyl (C=O) groups excluding carboxylic acids is 1. The lowest BCUT2D eigenvalue weighted by atomic mass is 10.0. The summed E-state index contributed by atoms with van der Waals surface area (Å²) >= 11 is 0. The number of hydrogen-bond donors (Lipinski definition) is 1. The molecule has 1 atom stereocenters. The monoisotopic (exact) mass is 281 g/mol. The van der Waals surface area contributed by atoms with Gasteiger partial charge in [0.2, 0.25) is 0 Å². The Bertz CT molecular complexity index is 391. The standard InChI is InChI=1S/C15H23NO4/c1-18-9-8-16-13(11-15(17)20-3)10-12-4-6-14(19-2)7-5-12/h4-7,13,16H,8-11H2,1-3H3. The van der Waals surface area contributed by atoms with E-state index in [-0.39, 0.29) is 12.0 Å². The summed E-state index contributed by atoms with van der Waals surface area (Å²) in [6.07, 6.45) is 1.09. The topological polar surface area (TPSA) is 56.8 Å². The molecule has 0 saturated carbocycles. The van der Waals surface area contributed by atoms with Crippen molar-refractivity contribution in [1.29, 1.82) is 0 Å². The Kier molecular flexibility index (Phi) is 7.69. The lowest BCUT2D eigenvalue weighted by Gasteiger charge is -2.17. The van der Waals surface area contributed by atoms with Crippen molar-refractivity contribution in [3.63, 3.8) is 0 Å². The van der Waals surface area contributed by atoms with Gasteiger partial charge < -0.3 is 19.5 Å². The molecule has 0 aliphatic heterocycles. The maximum Gasteiger partial charge on any atom is 0.307 e. The molecule has 0 bridgehead atoms. The first kappa shape index (κ1) is 16.5. The third kappa shape index (κ3) is 6.04. The van der Waals surface area contributed by atoms with Crippen molar-refractivity contribution >= 4 is 5.97 Å². The molecular formula is C15H23NO4. The van der Waals surface area contributed by atoms with Crippen LogP contribution in [0.5, 0.6) is 5.75 Å². The minimum atomic E-state index is -0.214. The third-order valence-corrected chi connectivity index (χ3v) is 3.02. The highest BCUT2D eigenvalue weighted by Gasteiger charge is 2.14. The third-order valence-electron chi connectivity index (χ3n) is 3.02. The van der Waals surface area contributed by atoms with E-state index in [1.165, 1.54) is 7.11 Å². The van der Waals surface area contributed by atoms with Crippen molar-refractivity contribution in [3.8, 4) is 5.75 Å². The van der Waals surface area contributed by atoms with E-state index < -0.39 is 0 Å². The average Bonchev–Trinajstić information content (AvgIpc) is 2.48. The van der Waals surface area contributed by atoms with E-state index in [2.05, 4.69) is 5.32 Å². The van der Waals surface area contributed by atoms with E-state index >= 15 is 0 Å². The summed E-state index contributed by atoms with van der Waals surface area (Å²) in [5, 5.41) is 3.31. The second-order valence-corrected chi connectivity index (χ2v) is 4.48. The van der Waals surface area contributed by atoms with Gasteiger partial charge in [-0.1, -0.05) is 12.1 Å². The minimum Gasteiger partial charge on any atom is -0.497 e. The van der Waals surface area contributed by atoms with Crippen molar-refractivity contribution in [1.82, 2.24) is 5.32 Å². The Labute approximate surface area is 120 Å². The quantitative estimate of drug-likeness (QED) is 0.548. The van der Waals surface area contributed by atoms with E-state index in [0.29, 0.717) is 19.6 Å². The average molecular weight is 281 g/mol. The van der Waals surface area contributed by atoms with Gasteiger partial charge in [-0.15, -0.1) is 0 Å². The fraction of sp³-hybridized carbons (Fsp3) is 0.533. The molecule has 112 valence electrons. The molecule has 0 aliphatic rings. The predicted octanol–water partition coefficient (Wildman–Crippen LogP) is 1.41. The highest BCUT2D eigenvalue weighted by Crippen LogP contribution is 2.13. The number of ether oxygens (including phenoxy) is 3. The fourth-order valence-electron chi connectivity index (χ4n) is 1.91. The van der Waals surface area contributed by atoms with Crippen LogP contribution in [0.15, 0.2) is 24.3 Å².